The number of rotatable bonds is 7. The maximum absolute atomic E-state index is 12.0. The van der Waals surface area contributed by atoms with Crippen LogP contribution in [0.25, 0.3) is 0 Å². The van der Waals surface area contributed by atoms with Crippen LogP contribution >= 0.6 is 11.8 Å². The molecule has 2 atom stereocenters. The Balaban J connectivity index is 1.75. The average Bonchev–Trinajstić information content (AvgIpc) is 2.84. The molecule has 3 N–H and O–H groups in total. The van der Waals surface area contributed by atoms with Gasteiger partial charge in [-0.1, -0.05) is 31.9 Å². The van der Waals surface area contributed by atoms with Crippen LogP contribution in [0, 0.1) is 11.8 Å². The fourth-order valence-corrected chi connectivity index (χ4v) is 5.16. The van der Waals surface area contributed by atoms with Gasteiger partial charge in [0, 0.05) is 22.9 Å². The third-order valence-corrected chi connectivity index (χ3v) is 6.83. The molecule has 2 unspecified atom stereocenters. The second kappa shape index (κ2) is 7.51. The molecule has 0 amide bonds. The summed E-state index contributed by atoms with van der Waals surface area (Å²) in [6.07, 6.45) is 3.57. The highest BCUT2D eigenvalue weighted by molar-refractivity contribution is 8.00. The Morgan fingerprint density at radius 3 is 2.76 bits per heavy atom. The van der Waals surface area contributed by atoms with Gasteiger partial charge in [-0.15, -0.1) is 11.8 Å². The van der Waals surface area contributed by atoms with Crippen molar-refractivity contribution < 1.29 is 8.42 Å². The predicted molar refractivity (Wildman–Crippen MR) is 89.9 cm³/mol. The number of hydrogen-bond donors (Lipinski definition) is 2. The first-order valence-electron chi connectivity index (χ1n) is 7.42. The van der Waals surface area contributed by atoms with Crippen LogP contribution in [0.1, 0.15) is 26.2 Å². The van der Waals surface area contributed by atoms with Gasteiger partial charge < -0.3 is 5.73 Å². The summed E-state index contributed by atoms with van der Waals surface area (Å²) in [6, 6.07) is 7.53. The molecule has 1 fully saturated rings. The first-order valence-corrected chi connectivity index (χ1v) is 10.1. The standard InChI is InChI=1S/C15H24N2O2S2/c1-12-5-4-6-13(12)11-17-21(18,19)10-9-20-15-8-3-2-7-14(15)16/h2-3,7-8,12-13,17H,4-6,9-11,16H2,1H3. The third-order valence-electron chi connectivity index (χ3n) is 4.13. The Hall–Kier alpha value is -0.720. The van der Waals surface area contributed by atoms with E-state index in [0.717, 1.165) is 11.3 Å². The van der Waals surface area contributed by atoms with Crippen molar-refractivity contribution in [2.24, 2.45) is 11.8 Å². The molecule has 1 aliphatic carbocycles. The smallest absolute Gasteiger partial charge is 0.212 e. The molecule has 0 aromatic heterocycles. The lowest BCUT2D eigenvalue weighted by Crippen LogP contribution is -2.32. The van der Waals surface area contributed by atoms with Crippen LogP contribution in [0.4, 0.5) is 5.69 Å². The quantitative estimate of drug-likeness (QED) is 0.596. The molecule has 0 radical (unpaired) electrons. The van der Waals surface area contributed by atoms with Gasteiger partial charge in [0.05, 0.1) is 5.75 Å². The molecule has 6 heteroatoms. The van der Waals surface area contributed by atoms with Crippen molar-refractivity contribution in [1.82, 2.24) is 4.72 Å². The summed E-state index contributed by atoms with van der Waals surface area (Å²) in [5.41, 5.74) is 6.54. The van der Waals surface area contributed by atoms with E-state index in [2.05, 4.69) is 11.6 Å². The van der Waals surface area contributed by atoms with E-state index >= 15 is 0 Å². The van der Waals surface area contributed by atoms with Gasteiger partial charge in [0.25, 0.3) is 0 Å². The molecular formula is C15H24N2O2S2. The molecule has 1 aromatic rings. The number of benzene rings is 1. The molecule has 118 valence electrons. The number of para-hydroxylation sites is 1. The van der Waals surface area contributed by atoms with Crippen molar-refractivity contribution in [3.63, 3.8) is 0 Å². The van der Waals surface area contributed by atoms with Gasteiger partial charge in [-0.2, -0.15) is 0 Å². The summed E-state index contributed by atoms with van der Waals surface area (Å²) in [7, 11) is -3.19. The zero-order valence-corrected chi connectivity index (χ0v) is 14.1. The number of nitrogen functional groups attached to an aromatic ring is 1. The highest BCUT2D eigenvalue weighted by atomic mass is 32.2. The molecule has 1 aromatic carbocycles. The Bertz CT molecular complexity index is 561. The summed E-state index contributed by atoms with van der Waals surface area (Å²) in [4.78, 5) is 0.942. The van der Waals surface area contributed by atoms with Crippen LogP contribution in [-0.2, 0) is 10.0 Å². The van der Waals surface area contributed by atoms with E-state index in [4.69, 9.17) is 5.73 Å². The van der Waals surface area contributed by atoms with E-state index < -0.39 is 10.0 Å². The molecule has 0 saturated heterocycles. The Kier molecular flexibility index (Phi) is 5.96. The number of hydrogen-bond acceptors (Lipinski definition) is 4. The summed E-state index contributed by atoms with van der Waals surface area (Å²) in [6.45, 7) is 2.79. The van der Waals surface area contributed by atoms with E-state index in [1.807, 2.05) is 24.3 Å². The maximum Gasteiger partial charge on any atom is 0.212 e. The summed E-state index contributed by atoms with van der Waals surface area (Å²) >= 11 is 1.49. The summed E-state index contributed by atoms with van der Waals surface area (Å²) in [5.74, 6) is 1.78. The average molecular weight is 329 g/mol. The SMILES string of the molecule is CC1CCCC1CNS(=O)(=O)CCSc1ccccc1N. The molecule has 2 rings (SSSR count). The van der Waals surface area contributed by atoms with Gasteiger partial charge in [-0.25, -0.2) is 13.1 Å². The molecular weight excluding hydrogens is 304 g/mol. The molecule has 4 nitrogen and oxygen atoms in total. The minimum absolute atomic E-state index is 0.132. The third kappa shape index (κ3) is 5.20. The number of sulfonamides is 1. The minimum Gasteiger partial charge on any atom is -0.398 e. The number of anilines is 1. The Morgan fingerprint density at radius 2 is 2.10 bits per heavy atom. The molecule has 0 spiro atoms. The van der Waals surface area contributed by atoms with Crippen LogP contribution in [0.15, 0.2) is 29.2 Å². The van der Waals surface area contributed by atoms with Gasteiger partial charge in [0.1, 0.15) is 0 Å². The summed E-state index contributed by atoms with van der Waals surface area (Å²) in [5, 5.41) is 0. The monoisotopic (exact) mass is 328 g/mol. The lowest BCUT2D eigenvalue weighted by Gasteiger charge is -2.16. The largest absolute Gasteiger partial charge is 0.398 e. The van der Waals surface area contributed by atoms with Crippen LogP contribution in [0.3, 0.4) is 0 Å². The molecule has 0 aliphatic heterocycles. The van der Waals surface area contributed by atoms with Crippen molar-refractivity contribution in [3.05, 3.63) is 24.3 Å². The Labute approximate surface area is 131 Å². The number of nitrogens with one attached hydrogen (secondary N) is 1. The Morgan fingerprint density at radius 1 is 1.33 bits per heavy atom. The predicted octanol–water partition coefficient (Wildman–Crippen LogP) is 2.72. The minimum atomic E-state index is -3.19. The lowest BCUT2D eigenvalue weighted by atomic mass is 9.99. The second-order valence-corrected chi connectivity index (χ2v) is 8.79. The molecule has 21 heavy (non-hydrogen) atoms. The lowest BCUT2D eigenvalue weighted by molar-refractivity contribution is 0.414. The van der Waals surface area contributed by atoms with Gasteiger partial charge in [0.2, 0.25) is 10.0 Å². The normalized spacial score (nSPS) is 22.5. The fourth-order valence-electron chi connectivity index (χ4n) is 2.70. The van der Waals surface area contributed by atoms with Crippen LogP contribution in [-0.4, -0.2) is 26.5 Å². The highest BCUT2D eigenvalue weighted by Crippen LogP contribution is 2.30. The summed E-state index contributed by atoms with van der Waals surface area (Å²) < 4.78 is 26.8. The van der Waals surface area contributed by atoms with Crippen molar-refractivity contribution in [3.8, 4) is 0 Å². The fraction of sp³-hybridized carbons (Fsp3) is 0.600. The van der Waals surface area contributed by atoms with Gasteiger partial charge in [-0.05, 0) is 30.4 Å². The van der Waals surface area contributed by atoms with E-state index in [9.17, 15) is 8.42 Å². The van der Waals surface area contributed by atoms with Crippen molar-refractivity contribution >= 4 is 27.5 Å². The van der Waals surface area contributed by atoms with Crippen LogP contribution in [0.2, 0.25) is 0 Å². The van der Waals surface area contributed by atoms with Gasteiger partial charge in [-0.3, -0.25) is 0 Å². The highest BCUT2D eigenvalue weighted by Gasteiger charge is 2.24. The zero-order chi connectivity index (χ0) is 15.3. The van der Waals surface area contributed by atoms with E-state index in [-0.39, 0.29) is 5.75 Å². The van der Waals surface area contributed by atoms with Crippen molar-refractivity contribution in [1.29, 1.82) is 0 Å². The zero-order valence-electron chi connectivity index (χ0n) is 12.4. The molecule has 0 heterocycles. The molecule has 0 bridgehead atoms. The topological polar surface area (TPSA) is 72.2 Å². The van der Waals surface area contributed by atoms with E-state index in [0.29, 0.717) is 29.8 Å². The van der Waals surface area contributed by atoms with Crippen LogP contribution in [0.5, 0.6) is 0 Å². The van der Waals surface area contributed by atoms with Crippen molar-refractivity contribution in [2.75, 3.05) is 23.8 Å². The second-order valence-electron chi connectivity index (χ2n) is 5.72. The first kappa shape index (κ1) is 16.6. The van der Waals surface area contributed by atoms with Crippen LogP contribution < -0.4 is 10.5 Å². The van der Waals surface area contributed by atoms with E-state index in [1.165, 1.54) is 24.6 Å². The van der Waals surface area contributed by atoms with Gasteiger partial charge >= 0.3 is 0 Å². The van der Waals surface area contributed by atoms with Gasteiger partial charge in [0.15, 0.2) is 0 Å². The maximum atomic E-state index is 12.0. The van der Waals surface area contributed by atoms with E-state index in [1.54, 1.807) is 0 Å². The first-order chi connectivity index (χ1) is 9.98. The molecule has 1 aliphatic rings. The van der Waals surface area contributed by atoms with Crippen molar-refractivity contribution in [2.45, 2.75) is 31.1 Å². The number of thioether (sulfide) groups is 1. The number of nitrogens with two attached hydrogens (primary N) is 1. The molecule has 1 saturated carbocycles.